The standard InChI is InChI=1S/C24H21N3O6S/c1-4-33-23(29)20-14(2)25-24-26(21(20)17-10-5-6-11-18(17)32-3)22(28)19(34-24)13-15-8-7-9-16(12-15)27(30)31/h5-13,21H,4H2,1-3H3/b19-13+/t21-/m0/s1. The molecular formula is C24H21N3O6S. The number of fused-ring (bicyclic) bond motifs is 1. The Kier molecular flexibility index (Phi) is 6.42. The van der Waals surface area contributed by atoms with Gasteiger partial charge in [-0.25, -0.2) is 9.79 Å². The van der Waals surface area contributed by atoms with Crippen LogP contribution in [0.2, 0.25) is 0 Å². The molecular weight excluding hydrogens is 458 g/mol. The number of methoxy groups -OCH3 is 1. The van der Waals surface area contributed by atoms with Crippen molar-refractivity contribution in [3.05, 3.63) is 101 Å². The highest BCUT2D eigenvalue weighted by Gasteiger charge is 2.34. The van der Waals surface area contributed by atoms with Gasteiger partial charge in [0, 0.05) is 17.7 Å². The van der Waals surface area contributed by atoms with Crippen LogP contribution in [0.1, 0.15) is 31.0 Å². The number of carbonyl (C=O) groups is 1. The second-order valence-electron chi connectivity index (χ2n) is 7.40. The van der Waals surface area contributed by atoms with Gasteiger partial charge in [-0.05, 0) is 31.6 Å². The lowest BCUT2D eigenvalue weighted by molar-refractivity contribution is -0.384. The van der Waals surface area contributed by atoms with E-state index in [4.69, 9.17) is 9.47 Å². The maximum Gasteiger partial charge on any atom is 0.338 e. The van der Waals surface area contributed by atoms with Crippen LogP contribution in [-0.4, -0.2) is 29.2 Å². The highest BCUT2D eigenvalue weighted by Crippen LogP contribution is 2.35. The summed E-state index contributed by atoms with van der Waals surface area (Å²) in [7, 11) is 1.52. The average molecular weight is 480 g/mol. The number of benzene rings is 2. The Morgan fingerprint density at radius 3 is 2.74 bits per heavy atom. The smallest absolute Gasteiger partial charge is 0.338 e. The Morgan fingerprint density at radius 2 is 2.03 bits per heavy atom. The summed E-state index contributed by atoms with van der Waals surface area (Å²) in [6.07, 6.45) is 1.58. The fourth-order valence-electron chi connectivity index (χ4n) is 3.86. The van der Waals surface area contributed by atoms with E-state index >= 15 is 0 Å². The summed E-state index contributed by atoms with van der Waals surface area (Å²) in [5.41, 5.74) is 1.37. The molecule has 0 aliphatic carbocycles. The SMILES string of the molecule is CCOC(=O)C1=C(C)N=c2s/c(=C/c3cccc([N+](=O)[O-])c3)c(=O)n2[C@H]1c1ccccc1OC. The molecule has 1 aliphatic heterocycles. The molecule has 0 amide bonds. The molecule has 0 saturated carbocycles. The molecule has 10 heteroatoms. The number of non-ortho nitro benzene ring substituents is 1. The molecule has 0 spiro atoms. The van der Waals surface area contributed by atoms with E-state index in [1.54, 1.807) is 56.3 Å². The number of nitrogens with zero attached hydrogens (tertiary/aromatic N) is 3. The minimum atomic E-state index is -0.807. The molecule has 2 heterocycles. The van der Waals surface area contributed by atoms with Gasteiger partial charge in [-0.3, -0.25) is 19.5 Å². The maximum atomic E-state index is 13.6. The van der Waals surface area contributed by atoms with Gasteiger partial charge >= 0.3 is 5.97 Å². The zero-order valence-corrected chi connectivity index (χ0v) is 19.5. The summed E-state index contributed by atoms with van der Waals surface area (Å²) >= 11 is 1.15. The van der Waals surface area contributed by atoms with Crippen LogP contribution in [0.3, 0.4) is 0 Å². The fraction of sp³-hybridized carbons (Fsp3) is 0.208. The highest BCUT2D eigenvalue weighted by atomic mass is 32.1. The lowest BCUT2D eigenvalue weighted by Crippen LogP contribution is -2.40. The second kappa shape index (κ2) is 9.44. The Bertz CT molecular complexity index is 1500. The molecule has 0 saturated heterocycles. The van der Waals surface area contributed by atoms with E-state index in [9.17, 15) is 19.7 Å². The van der Waals surface area contributed by atoms with Crippen molar-refractivity contribution in [2.24, 2.45) is 4.99 Å². The summed E-state index contributed by atoms with van der Waals surface area (Å²) in [4.78, 5) is 42.1. The van der Waals surface area contributed by atoms with Crippen LogP contribution in [0.4, 0.5) is 5.69 Å². The lowest BCUT2D eigenvalue weighted by Gasteiger charge is -2.25. The number of para-hydroxylation sites is 1. The van der Waals surface area contributed by atoms with Crippen molar-refractivity contribution in [2.75, 3.05) is 13.7 Å². The first kappa shape index (κ1) is 23.1. The number of aromatic nitrogens is 1. The number of nitro benzene ring substituents is 1. The number of ether oxygens (including phenoxy) is 2. The molecule has 34 heavy (non-hydrogen) atoms. The average Bonchev–Trinajstić information content (AvgIpc) is 3.12. The third-order valence-electron chi connectivity index (χ3n) is 5.33. The van der Waals surface area contributed by atoms with Crippen LogP contribution < -0.4 is 19.6 Å². The Balaban J connectivity index is 1.98. The van der Waals surface area contributed by atoms with Crippen molar-refractivity contribution in [3.63, 3.8) is 0 Å². The van der Waals surface area contributed by atoms with Gasteiger partial charge in [0.1, 0.15) is 11.8 Å². The normalized spacial score (nSPS) is 15.5. The maximum absolute atomic E-state index is 13.6. The van der Waals surface area contributed by atoms with Gasteiger partial charge in [0.05, 0.1) is 34.4 Å². The summed E-state index contributed by atoms with van der Waals surface area (Å²) in [5, 5.41) is 11.1. The van der Waals surface area contributed by atoms with Crippen molar-refractivity contribution >= 4 is 29.1 Å². The lowest BCUT2D eigenvalue weighted by atomic mass is 9.95. The van der Waals surface area contributed by atoms with Crippen molar-refractivity contribution in [1.29, 1.82) is 0 Å². The van der Waals surface area contributed by atoms with Gasteiger partial charge in [-0.1, -0.05) is 41.7 Å². The number of nitro groups is 1. The third-order valence-corrected chi connectivity index (χ3v) is 6.31. The molecule has 4 rings (SSSR count). The molecule has 0 bridgehead atoms. The van der Waals surface area contributed by atoms with Crippen LogP contribution in [-0.2, 0) is 9.53 Å². The molecule has 1 aliphatic rings. The number of allylic oxidation sites excluding steroid dienone is 1. The first-order valence-electron chi connectivity index (χ1n) is 10.4. The second-order valence-corrected chi connectivity index (χ2v) is 8.41. The van der Waals surface area contributed by atoms with E-state index in [0.717, 1.165) is 11.3 Å². The molecule has 1 atom stereocenters. The predicted octanol–water partition coefficient (Wildman–Crippen LogP) is 2.72. The van der Waals surface area contributed by atoms with Gasteiger partial charge in [0.15, 0.2) is 4.80 Å². The number of rotatable bonds is 6. The van der Waals surface area contributed by atoms with Crippen LogP contribution in [0.25, 0.3) is 6.08 Å². The summed E-state index contributed by atoms with van der Waals surface area (Å²) in [6.45, 7) is 3.58. The molecule has 0 fully saturated rings. The minimum Gasteiger partial charge on any atom is -0.496 e. The predicted molar refractivity (Wildman–Crippen MR) is 126 cm³/mol. The fourth-order valence-corrected chi connectivity index (χ4v) is 4.90. The van der Waals surface area contributed by atoms with Crippen molar-refractivity contribution in [3.8, 4) is 5.75 Å². The molecule has 0 unspecified atom stereocenters. The number of carbonyl (C=O) groups excluding carboxylic acids is 1. The van der Waals surface area contributed by atoms with E-state index in [1.165, 1.54) is 23.8 Å². The van der Waals surface area contributed by atoms with Gasteiger partial charge < -0.3 is 9.47 Å². The highest BCUT2D eigenvalue weighted by molar-refractivity contribution is 7.07. The zero-order chi connectivity index (χ0) is 24.4. The first-order valence-corrected chi connectivity index (χ1v) is 11.2. The van der Waals surface area contributed by atoms with E-state index < -0.39 is 16.9 Å². The molecule has 2 aromatic carbocycles. The van der Waals surface area contributed by atoms with Crippen LogP contribution in [0.15, 0.2) is 69.6 Å². The summed E-state index contributed by atoms with van der Waals surface area (Å²) < 4.78 is 12.6. The van der Waals surface area contributed by atoms with Gasteiger partial charge in [0.2, 0.25) is 0 Å². The van der Waals surface area contributed by atoms with E-state index in [0.29, 0.717) is 31.9 Å². The number of esters is 1. The molecule has 174 valence electrons. The molecule has 0 N–H and O–H groups in total. The Labute approximate surface area is 198 Å². The van der Waals surface area contributed by atoms with Crippen LogP contribution >= 0.6 is 11.3 Å². The molecule has 1 aromatic heterocycles. The molecule has 9 nitrogen and oxygen atoms in total. The quantitative estimate of drug-likeness (QED) is 0.305. The van der Waals surface area contributed by atoms with Crippen molar-refractivity contribution in [2.45, 2.75) is 19.9 Å². The van der Waals surface area contributed by atoms with E-state index in [-0.39, 0.29) is 23.4 Å². The summed E-state index contributed by atoms with van der Waals surface area (Å²) in [5.74, 6) is -0.0510. The largest absolute Gasteiger partial charge is 0.496 e. The van der Waals surface area contributed by atoms with Crippen LogP contribution in [0, 0.1) is 10.1 Å². The number of hydrogen-bond acceptors (Lipinski definition) is 8. The van der Waals surface area contributed by atoms with Gasteiger partial charge in [-0.15, -0.1) is 0 Å². The Morgan fingerprint density at radius 1 is 1.26 bits per heavy atom. The molecule has 3 aromatic rings. The number of thiazole rings is 1. The molecule has 0 radical (unpaired) electrons. The zero-order valence-electron chi connectivity index (χ0n) is 18.7. The monoisotopic (exact) mass is 479 g/mol. The van der Waals surface area contributed by atoms with E-state index in [2.05, 4.69) is 4.99 Å². The van der Waals surface area contributed by atoms with Gasteiger partial charge in [-0.2, -0.15) is 0 Å². The summed E-state index contributed by atoms with van der Waals surface area (Å²) in [6, 6.07) is 12.4. The van der Waals surface area contributed by atoms with Gasteiger partial charge in [0.25, 0.3) is 11.2 Å². The van der Waals surface area contributed by atoms with Crippen LogP contribution in [0.5, 0.6) is 5.75 Å². The van der Waals surface area contributed by atoms with Crippen molar-refractivity contribution in [1.82, 2.24) is 4.57 Å². The Hall–Kier alpha value is -4.05. The van der Waals surface area contributed by atoms with E-state index in [1.807, 2.05) is 0 Å². The minimum absolute atomic E-state index is 0.0751. The topological polar surface area (TPSA) is 113 Å². The first-order chi connectivity index (χ1) is 16.3. The van der Waals surface area contributed by atoms with Crippen molar-refractivity contribution < 1.29 is 19.2 Å². The third kappa shape index (κ3) is 4.15. The number of hydrogen-bond donors (Lipinski definition) is 0.